The average molecular weight is 386 g/mol. The van der Waals surface area contributed by atoms with Gasteiger partial charge in [0.05, 0.1) is 6.61 Å². The number of morpholine rings is 1. The number of anilines is 1. The molecule has 0 saturated carbocycles. The lowest BCUT2D eigenvalue weighted by Gasteiger charge is -2.34. The van der Waals surface area contributed by atoms with Gasteiger partial charge in [-0.25, -0.2) is 0 Å². The van der Waals surface area contributed by atoms with Crippen LogP contribution < -0.4 is 5.32 Å². The van der Waals surface area contributed by atoms with Gasteiger partial charge in [0, 0.05) is 17.8 Å². The number of amides is 2. The second-order valence-corrected chi connectivity index (χ2v) is 6.94. The third kappa shape index (κ3) is 4.36. The molecule has 1 atom stereocenters. The zero-order valence-electron chi connectivity index (χ0n) is 16.0. The Bertz CT molecular complexity index is 989. The second-order valence-electron chi connectivity index (χ2n) is 6.94. The van der Waals surface area contributed by atoms with Crippen LogP contribution in [0.25, 0.3) is 11.1 Å². The molecule has 1 saturated heterocycles. The number of ether oxygens (including phenoxy) is 1. The van der Waals surface area contributed by atoms with Crippen LogP contribution in [0.3, 0.4) is 0 Å². The lowest BCUT2D eigenvalue weighted by molar-refractivity contribution is -0.154. The highest BCUT2D eigenvalue weighted by Gasteiger charge is 2.34. The van der Waals surface area contributed by atoms with Gasteiger partial charge in [0.1, 0.15) is 12.6 Å². The SMILES string of the molecule is O=C(Nc1ccccc1-c1ccccc1)C1COCC(=O)N1Cc1ccccc1. The molecule has 5 nitrogen and oxygen atoms in total. The number of nitrogens with zero attached hydrogens (tertiary/aromatic N) is 1. The Morgan fingerprint density at radius 3 is 2.34 bits per heavy atom. The Balaban J connectivity index is 1.56. The normalized spacial score (nSPS) is 16.5. The summed E-state index contributed by atoms with van der Waals surface area (Å²) in [6, 6.07) is 26.5. The van der Waals surface area contributed by atoms with E-state index < -0.39 is 6.04 Å². The first-order valence-electron chi connectivity index (χ1n) is 9.59. The van der Waals surface area contributed by atoms with Crippen molar-refractivity contribution in [2.45, 2.75) is 12.6 Å². The molecule has 2 amide bonds. The lowest BCUT2D eigenvalue weighted by atomic mass is 10.0. The summed E-state index contributed by atoms with van der Waals surface area (Å²) in [5, 5.41) is 3.00. The van der Waals surface area contributed by atoms with Crippen molar-refractivity contribution in [3.05, 3.63) is 90.5 Å². The van der Waals surface area contributed by atoms with E-state index in [4.69, 9.17) is 4.74 Å². The van der Waals surface area contributed by atoms with Crippen LogP contribution in [-0.4, -0.2) is 36.0 Å². The van der Waals surface area contributed by atoms with Crippen molar-refractivity contribution in [3.63, 3.8) is 0 Å². The predicted molar refractivity (Wildman–Crippen MR) is 112 cm³/mol. The molecular weight excluding hydrogens is 364 g/mol. The zero-order valence-corrected chi connectivity index (χ0v) is 16.0. The molecule has 29 heavy (non-hydrogen) atoms. The molecule has 0 aromatic heterocycles. The molecular formula is C24H22N2O3. The maximum Gasteiger partial charge on any atom is 0.249 e. The van der Waals surface area contributed by atoms with Crippen LogP contribution in [-0.2, 0) is 20.9 Å². The molecule has 1 unspecified atom stereocenters. The van der Waals surface area contributed by atoms with E-state index in [1.54, 1.807) is 4.90 Å². The van der Waals surface area contributed by atoms with Gasteiger partial charge in [0.15, 0.2) is 0 Å². The summed E-state index contributed by atoms with van der Waals surface area (Å²) in [7, 11) is 0. The van der Waals surface area contributed by atoms with E-state index in [-0.39, 0.29) is 25.0 Å². The minimum absolute atomic E-state index is 0.00276. The second kappa shape index (κ2) is 8.71. The van der Waals surface area contributed by atoms with Crippen molar-refractivity contribution in [2.24, 2.45) is 0 Å². The smallest absolute Gasteiger partial charge is 0.249 e. The summed E-state index contributed by atoms with van der Waals surface area (Å²) in [5.74, 6) is -0.436. The van der Waals surface area contributed by atoms with Gasteiger partial charge in [-0.2, -0.15) is 0 Å². The third-order valence-corrected chi connectivity index (χ3v) is 4.97. The number of hydrogen-bond donors (Lipinski definition) is 1. The summed E-state index contributed by atoms with van der Waals surface area (Å²) in [6.07, 6.45) is 0. The Morgan fingerprint density at radius 1 is 0.931 bits per heavy atom. The molecule has 3 aromatic rings. The van der Waals surface area contributed by atoms with Gasteiger partial charge in [-0.1, -0.05) is 78.9 Å². The topological polar surface area (TPSA) is 58.6 Å². The molecule has 0 aliphatic carbocycles. The predicted octanol–water partition coefficient (Wildman–Crippen LogP) is 3.72. The Hall–Kier alpha value is -3.44. The first-order chi connectivity index (χ1) is 14.2. The van der Waals surface area contributed by atoms with E-state index >= 15 is 0 Å². The summed E-state index contributed by atoms with van der Waals surface area (Å²) >= 11 is 0. The largest absolute Gasteiger partial charge is 0.369 e. The molecule has 1 heterocycles. The summed E-state index contributed by atoms with van der Waals surface area (Å²) < 4.78 is 5.38. The molecule has 1 N–H and O–H groups in total. The number of nitrogens with one attached hydrogen (secondary N) is 1. The van der Waals surface area contributed by atoms with Crippen molar-refractivity contribution in [1.82, 2.24) is 4.90 Å². The molecule has 5 heteroatoms. The maximum atomic E-state index is 13.1. The Kier molecular flexibility index (Phi) is 5.68. The highest BCUT2D eigenvalue weighted by molar-refractivity contribution is 6.00. The van der Waals surface area contributed by atoms with Crippen molar-refractivity contribution in [3.8, 4) is 11.1 Å². The minimum atomic E-state index is -0.680. The van der Waals surface area contributed by atoms with Crippen LogP contribution >= 0.6 is 0 Å². The minimum Gasteiger partial charge on any atom is -0.369 e. The van der Waals surface area contributed by atoms with E-state index in [1.165, 1.54) is 0 Å². The molecule has 0 spiro atoms. The van der Waals surface area contributed by atoms with Crippen molar-refractivity contribution in [2.75, 3.05) is 18.5 Å². The van der Waals surface area contributed by atoms with Crippen LogP contribution in [0.1, 0.15) is 5.56 Å². The van der Waals surface area contributed by atoms with Gasteiger partial charge < -0.3 is 15.0 Å². The first-order valence-corrected chi connectivity index (χ1v) is 9.59. The van der Waals surface area contributed by atoms with Crippen molar-refractivity contribution >= 4 is 17.5 Å². The number of benzene rings is 3. The molecule has 0 bridgehead atoms. The highest BCUT2D eigenvalue weighted by atomic mass is 16.5. The van der Waals surface area contributed by atoms with E-state index in [1.807, 2.05) is 84.9 Å². The quantitative estimate of drug-likeness (QED) is 0.727. The molecule has 0 radical (unpaired) electrons. The standard InChI is InChI=1S/C24H22N2O3/c27-23-17-29-16-22(26(23)15-18-9-3-1-4-10-18)24(28)25-21-14-8-7-13-20(21)19-11-5-2-6-12-19/h1-14,22H,15-17H2,(H,25,28). The number of carbonyl (C=O) groups is 2. The van der Waals surface area contributed by atoms with E-state index in [2.05, 4.69) is 5.32 Å². The van der Waals surface area contributed by atoms with Gasteiger partial charge in [-0.3, -0.25) is 9.59 Å². The zero-order chi connectivity index (χ0) is 20.1. The maximum absolute atomic E-state index is 13.1. The summed E-state index contributed by atoms with van der Waals surface area (Å²) in [5.41, 5.74) is 3.63. The van der Waals surface area contributed by atoms with Gasteiger partial charge >= 0.3 is 0 Å². The molecule has 3 aromatic carbocycles. The van der Waals surface area contributed by atoms with Crippen LogP contribution in [0.4, 0.5) is 5.69 Å². The number of para-hydroxylation sites is 1. The van der Waals surface area contributed by atoms with Gasteiger partial charge in [0.2, 0.25) is 11.8 Å². The van der Waals surface area contributed by atoms with Crippen molar-refractivity contribution < 1.29 is 14.3 Å². The Labute approximate surface area is 169 Å². The van der Waals surface area contributed by atoms with Gasteiger partial charge in [-0.15, -0.1) is 0 Å². The van der Waals surface area contributed by atoms with Crippen LogP contribution in [0.5, 0.6) is 0 Å². The Morgan fingerprint density at radius 2 is 1.59 bits per heavy atom. The molecule has 4 rings (SSSR count). The van der Waals surface area contributed by atoms with Crippen LogP contribution in [0.2, 0.25) is 0 Å². The summed E-state index contributed by atoms with van der Waals surface area (Å²) in [6.45, 7) is 0.552. The average Bonchev–Trinajstić information content (AvgIpc) is 2.77. The van der Waals surface area contributed by atoms with E-state index in [9.17, 15) is 9.59 Å². The van der Waals surface area contributed by atoms with Crippen molar-refractivity contribution in [1.29, 1.82) is 0 Å². The fourth-order valence-corrected chi connectivity index (χ4v) is 3.48. The van der Waals surface area contributed by atoms with Crippen LogP contribution in [0.15, 0.2) is 84.9 Å². The van der Waals surface area contributed by atoms with E-state index in [0.29, 0.717) is 12.2 Å². The van der Waals surface area contributed by atoms with E-state index in [0.717, 1.165) is 16.7 Å². The lowest BCUT2D eigenvalue weighted by Crippen LogP contribution is -2.54. The highest BCUT2D eigenvalue weighted by Crippen LogP contribution is 2.28. The van der Waals surface area contributed by atoms with Gasteiger partial charge in [-0.05, 0) is 17.2 Å². The molecule has 1 aliphatic rings. The van der Waals surface area contributed by atoms with Crippen LogP contribution in [0, 0.1) is 0 Å². The molecule has 1 fully saturated rings. The monoisotopic (exact) mass is 386 g/mol. The number of rotatable bonds is 5. The number of carbonyl (C=O) groups excluding carboxylic acids is 2. The third-order valence-electron chi connectivity index (χ3n) is 4.97. The fraction of sp³-hybridized carbons (Fsp3) is 0.167. The first kappa shape index (κ1) is 18.9. The fourth-order valence-electron chi connectivity index (χ4n) is 3.48. The summed E-state index contributed by atoms with van der Waals surface area (Å²) in [4.78, 5) is 27.2. The molecule has 146 valence electrons. The molecule has 1 aliphatic heterocycles. The van der Waals surface area contributed by atoms with Gasteiger partial charge in [0.25, 0.3) is 0 Å². The number of hydrogen-bond acceptors (Lipinski definition) is 3.